The molecule has 1 N–H and O–H groups in total. The second-order valence-electron chi connectivity index (χ2n) is 5.65. The number of aliphatic imine (C=N–C) groups is 1. The molecule has 1 aromatic heterocycles. The van der Waals surface area contributed by atoms with Crippen molar-refractivity contribution in [3.05, 3.63) is 54.5 Å². The van der Waals surface area contributed by atoms with E-state index in [-0.39, 0.29) is 17.9 Å². The molecule has 0 atom stereocenters. The maximum Gasteiger partial charge on any atom is 0.126 e. The van der Waals surface area contributed by atoms with Crippen molar-refractivity contribution < 1.29 is 4.42 Å². The zero-order valence-electron chi connectivity index (χ0n) is 12.2. The van der Waals surface area contributed by atoms with Gasteiger partial charge in [-0.3, -0.25) is 4.99 Å². The van der Waals surface area contributed by atoms with Crippen molar-refractivity contribution in [2.75, 3.05) is 5.32 Å². The molecule has 0 fully saturated rings. The first-order chi connectivity index (χ1) is 9.62. The molecule has 1 aliphatic rings. The van der Waals surface area contributed by atoms with E-state index in [4.69, 9.17) is 9.41 Å². The Morgan fingerprint density at radius 1 is 1.14 bits per heavy atom. The van der Waals surface area contributed by atoms with Gasteiger partial charge in [0.25, 0.3) is 0 Å². The van der Waals surface area contributed by atoms with Gasteiger partial charge in [0.1, 0.15) is 5.76 Å². The molecule has 0 bridgehead atoms. The zero-order valence-corrected chi connectivity index (χ0v) is 13.0. The van der Waals surface area contributed by atoms with Crippen LogP contribution in [0.5, 0.6) is 0 Å². The van der Waals surface area contributed by atoms with Crippen LogP contribution in [0.15, 0.2) is 58.1 Å². The maximum absolute atomic E-state index is 5.32. The van der Waals surface area contributed by atoms with Crippen LogP contribution >= 0.6 is 12.4 Å². The normalized spacial score (nSPS) is 16.4. The summed E-state index contributed by atoms with van der Waals surface area (Å²) in [7, 11) is 0. The Labute approximate surface area is 131 Å². The molecule has 0 radical (unpaired) electrons. The fraction of sp³-hybridized carbons (Fsp3) is 0.235. The SMILES string of the molecule is CC1(C)CC(C=Cc2ccco2)=Nc2ccccc2N1.Cl. The summed E-state index contributed by atoms with van der Waals surface area (Å²) < 4.78 is 5.32. The molecule has 0 saturated heterocycles. The molecule has 1 aromatic carbocycles. The van der Waals surface area contributed by atoms with Crippen LogP contribution in [-0.2, 0) is 0 Å². The first-order valence-electron chi connectivity index (χ1n) is 6.79. The summed E-state index contributed by atoms with van der Waals surface area (Å²) in [5.41, 5.74) is 3.08. The summed E-state index contributed by atoms with van der Waals surface area (Å²) in [4.78, 5) is 4.76. The van der Waals surface area contributed by atoms with Crippen LogP contribution in [-0.4, -0.2) is 11.3 Å². The largest absolute Gasteiger partial charge is 0.465 e. The van der Waals surface area contributed by atoms with E-state index in [1.54, 1.807) is 6.26 Å². The van der Waals surface area contributed by atoms with Gasteiger partial charge >= 0.3 is 0 Å². The number of halogens is 1. The zero-order chi connectivity index (χ0) is 14.0. The highest BCUT2D eigenvalue weighted by Gasteiger charge is 2.23. The Morgan fingerprint density at radius 2 is 1.95 bits per heavy atom. The van der Waals surface area contributed by atoms with Gasteiger partial charge in [0.15, 0.2) is 0 Å². The van der Waals surface area contributed by atoms with Crippen molar-refractivity contribution in [2.45, 2.75) is 25.8 Å². The third-order valence-corrected chi connectivity index (χ3v) is 3.25. The maximum atomic E-state index is 5.32. The van der Waals surface area contributed by atoms with E-state index in [9.17, 15) is 0 Å². The van der Waals surface area contributed by atoms with Crippen molar-refractivity contribution in [3.8, 4) is 0 Å². The second-order valence-corrected chi connectivity index (χ2v) is 5.65. The highest BCUT2D eigenvalue weighted by Crippen LogP contribution is 2.32. The first kappa shape index (κ1) is 15.4. The predicted molar refractivity (Wildman–Crippen MR) is 90.8 cm³/mol. The van der Waals surface area contributed by atoms with Gasteiger partial charge in [-0.1, -0.05) is 12.1 Å². The van der Waals surface area contributed by atoms with E-state index >= 15 is 0 Å². The summed E-state index contributed by atoms with van der Waals surface area (Å²) in [6.07, 6.45) is 6.53. The van der Waals surface area contributed by atoms with Crippen molar-refractivity contribution in [1.82, 2.24) is 0 Å². The predicted octanol–water partition coefficient (Wildman–Crippen LogP) is 5.08. The summed E-state index contributed by atoms with van der Waals surface area (Å²) >= 11 is 0. The number of hydrogen-bond acceptors (Lipinski definition) is 3. The number of allylic oxidation sites excluding steroid dienone is 1. The third-order valence-electron chi connectivity index (χ3n) is 3.25. The molecule has 2 heterocycles. The molecule has 0 saturated carbocycles. The molecule has 3 nitrogen and oxygen atoms in total. The minimum Gasteiger partial charge on any atom is -0.465 e. The number of nitrogens with zero attached hydrogens (tertiary/aromatic N) is 1. The van der Waals surface area contributed by atoms with Crippen LogP contribution in [0.25, 0.3) is 6.08 Å². The topological polar surface area (TPSA) is 37.5 Å². The van der Waals surface area contributed by atoms with Crippen LogP contribution < -0.4 is 5.32 Å². The monoisotopic (exact) mass is 302 g/mol. The molecule has 2 aromatic rings. The lowest BCUT2D eigenvalue weighted by Crippen LogP contribution is -2.32. The van der Waals surface area contributed by atoms with Gasteiger partial charge < -0.3 is 9.73 Å². The molecule has 110 valence electrons. The average Bonchev–Trinajstić information content (AvgIpc) is 2.86. The molecule has 0 amide bonds. The van der Waals surface area contributed by atoms with Crippen LogP contribution in [0.4, 0.5) is 11.4 Å². The highest BCUT2D eigenvalue weighted by atomic mass is 35.5. The van der Waals surface area contributed by atoms with Crippen molar-refractivity contribution in [1.29, 1.82) is 0 Å². The van der Waals surface area contributed by atoms with E-state index < -0.39 is 0 Å². The number of furan rings is 1. The Bertz CT molecular complexity index is 657. The third kappa shape index (κ3) is 3.76. The highest BCUT2D eigenvalue weighted by molar-refractivity contribution is 6.02. The summed E-state index contributed by atoms with van der Waals surface area (Å²) in [5, 5.41) is 3.55. The fourth-order valence-electron chi connectivity index (χ4n) is 2.39. The standard InChI is InChI=1S/C17H18N2O.ClH/c1-17(2)12-13(9-10-14-6-5-11-20-14)18-15-7-3-4-8-16(15)19-17;/h3-11,19H,12H2,1-2H3;1H. The van der Waals surface area contributed by atoms with E-state index in [0.717, 1.165) is 29.3 Å². The van der Waals surface area contributed by atoms with Gasteiger partial charge in [0.05, 0.1) is 17.6 Å². The lowest BCUT2D eigenvalue weighted by molar-refractivity contribution is 0.557. The van der Waals surface area contributed by atoms with Gasteiger partial charge in [-0.05, 0) is 50.3 Å². The van der Waals surface area contributed by atoms with Crippen molar-refractivity contribution in [2.24, 2.45) is 4.99 Å². The average molecular weight is 303 g/mol. The Kier molecular flexibility index (Phi) is 4.53. The van der Waals surface area contributed by atoms with Crippen molar-refractivity contribution >= 4 is 35.6 Å². The number of anilines is 1. The smallest absolute Gasteiger partial charge is 0.126 e. The molecule has 3 rings (SSSR count). The fourth-order valence-corrected chi connectivity index (χ4v) is 2.39. The van der Waals surface area contributed by atoms with Crippen LogP contribution in [0, 0.1) is 0 Å². The van der Waals surface area contributed by atoms with E-state index in [1.807, 2.05) is 42.5 Å². The molecule has 4 heteroatoms. The minimum atomic E-state index is -0.0288. The minimum absolute atomic E-state index is 0. The van der Waals surface area contributed by atoms with Crippen LogP contribution in [0.1, 0.15) is 26.0 Å². The van der Waals surface area contributed by atoms with Gasteiger partial charge in [-0.2, -0.15) is 0 Å². The number of nitrogens with one attached hydrogen (secondary N) is 1. The van der Waals surface area contributed by atoms with Crippen LogP contribution in [0.2, 0.25) is 0 Å². The van der Waals surface area contributed by atoms with Gasteiger partial charge in [-0.15, -0.1) is 12.4 Å². The number of para-hydroxylation sites is 2. The summed E-state index contributed by atoms with van der Waals surface area (Å²) in [5.74, 6) is 0.844. The summed E-state index contributed by atoms with van der Waals surface area (Å²) in [6, 6.07) is 12.0. The van der Waals surface area contributed by atoms with Gasteiger partial charge in [0, 0.05) is 17.7 Å². The van der Waals surface area contributed by atoms with Gasteiger partial charge in [-0.25, -0.2) is 0 Å². The molecule has 21 heavy (non-hydrogen) atoms. The van der Waals surface area contributed by atoms with E-state index in [2.05, 4.69) is 25.2 Å². The van der Waals surface area contributed by atoms with E-state index in [0.29, 0.717) is 0 Å². The molecular weight excluding hydrogens is 284 g/mol. The lowest BCUT2D eigenvalue weighted by Gasteiger charge is -2.25. The Balaban J connectivity index is 0.00000161. The Hall–Kier alpha value is -2.00. The number of benzene rings is 1. The quantitative estimate of drug-likeness (QED) is 0.840. The first-order valence-corrected chi connectivity index (χ1v) is 6.79. The molecular formula is C17H19ClN2O. The van der Waals surface area contributed by atoms with Crippen LogP contribution in [0.3, 0.4) is 0 Å². The number of fused-ring (bicyclic) bond motifs is 1. The molecule has 1 aliphatic heterocycles. The molecule has 0 spiro atoms. The van der Waals surface area contributed by atoms with Gasteiger partial charge in [0.2, 0.25) is 0 Å². The van der Waals surface area contributed by atoms with Crippen molar-refractivity contribution in [3.63, 3.8) is 0 Å². The summed E-state index contributed by atoms with van der Waals surface area (Å²) in [6.45, 7) is 4.37. The molecule has 0 unspecified atom stereocenters. The molecule has 0 aliphatic carbocycles. The Morgan fingerprint density at radius 3 is 2.71 bits per heavy atom. The second kappa shape index (κ2) is 6.19. The number of rotatable bonds is 2. The lowest BCUT2D eigenvalue weighted by atomic mass is 9.97. The van der Waals surface area contributed by atoms with E-state index in [1.165, 1.54) is 0 Å². The number of hydrogen-bond donors (Lipinski definition) is 1.